The standard InChI is InChI=1S/C9H9ClFN3/c10-8-4-7(11)3-6-5-13-14(2-1-12)9(6)8/h3-5H,1-2,12H2. The molecule has 2 N–H and O–H groups in total. The van der Waals surface area contributed by atoms with Crippen LogP contribution in [-0.2, 0) is 6.54 Å². The minimum absolute atomic E-state index is 0.352. The molecule has 1 aromatic heterocycles. The topological polar surface area (TPSA) is 43.8 Å². The van der Waals surface area contributed by atoms with Gasteiger partial charge in [0.2, 0.25) is 0 Å². The maximum absolute atomic E-state index is 12.9. The summed E-state index contributed by atoms with van der Waals surface area (Å²) in [6.45, 7) is 1.05. The molecule has 0 aliphatic heterocycles. The minimum Gasteiger partial charge on any atom is -0.329 e. The van der Waals surface area contributed by atoms with Gasteiger partial charge in [-0.1, -0.05) is 11.6 Å². The molecule has 14 heavy (non-hydrogen) atoms. The van der Waals surface area contributed by atoms with Crippen molar-refractivity contribution in [2.45, 2.75) is 6.54 Å². The monoisotopic (exact) mass is 213 g/mol. The molecule has 2 aromatic rings. The summed E-state index contributed by atoms with van der Waals surface area (Å²) in [4.78, 5) is 0. The number of fused-ring (bicyclic) bond motifs is 1. The molecule has 0 aliphatic rings. The molecule has 0 unspecified atom stereocenters. The Morgan fingerprint density at radius 2 is 2.29 bits per heavy atom. The Kier molecular flexibility index (Phi) is 2.39. The van der Waals surface area contributed by atoms with Crippen molar-refractivity contribution < 1.29 is 4.39 Å². The molecule has 0 radical (unpaired) electrons. The van der Waals surface area contributed by atoms with E-state index < -0.39 is 0 Å². The lowest BCUT2D eigenvalue weighted by atomic mass is 10.2. The van der Waals surface area contributed by atoms with E-state index >= 15 is 0 Å². The van der Waals surface area contributed by atoms with Gasteiger partial charge in [-0.25, -0.2) is 4.39 Å². The summed E-state index contributed by atoms with van der Waals surface area (Å²) >= 11 is 5.90. The number of hydrogen-bond donors (Lipinski definition) is 1. The van der Waals surface area contributed by atoms with Crippen molar-refractivity contribution in [3.63, 3.8) is 0 Å². The van der Waals surface area contributed by atoms with Crippen molar-refractivity contribution in [2.24, 2.45) is 5.73 Å². The third-order valence-electron chi connectivity index (χ3n) is 1.99. The first-order valence-corrected chi connectivity index (χ1v) is 4.61. The molecule has 0 atom stereocenters. The Morgan fingerprint density at radius 3 is 3.00 bits per heavy atom. The van der Waals surface area contributed by atoms with Gasteiger partial charge in [-0.2, -0.15) is 5.10 Å². The van der Waals surface area contributed by atoms with Crippen LogP contribution in [0, 0.1) is 5.82 Å². The number of halogens is 2. The largest absolute Gasteiger partial charge is 0.329 e. The molecule has 74 valence electrons. The summed E-state index contributed by atoms with van der Waals surface area (Å²) in [5.41, 5.74) is 6.15. The molecule has 0 aliphatic carbocycles. The second kappa shape index (κ2) is 3.55. The lowest BCUT2D eigenvalue weighted by molar-refractivity contribution is 0.628. The Bertz CT molecular complexity index is 466. The van der Waals surface area contributed by atoms with E-state index in [1.807, 2.05) is 0 Å². The number of aromatic nitrogens is 2. The van der Waals surface area contributed by atoms with E-state index in [1.54, 1.807) is 10.9 Å². The van der Waals surface area contributed by atoms with E-state index in [0.717, 1.165) is 5.52 Å². The Balaban J connectivity index is 2.66. The molecule has 1 aromatic carbocycles. The van der Waals surface area contributed by atoms with Gasteiger partial charge >= 0.3 is 0 Å². The lowest BCUT2D eigenvalue weighted by Gasteiger charge is -2.02. The fourth-order valence-corrected chi connectivity index (χ4v) is 1.75. The summed E-state index contributed by atoms with van der Waals surface area (Å²) in [6.07, 6.45) is 1.58. The zero-order valence-corrected chi connectivity index (χ0v) is 8.13. The third kappa shape index (κ3) is 1.47. The summed E-state index contributed by atoms with van der Waals surface area (Å²) < 4.78 is 14.6. The summed E-state index contributed by atoms with van der Waals surface area (Å²) in [5, 5.41) is 5.14. The van der Waals surface area contributed by atoms with Crippen LogP contribution in [0.4, 0.5) is 4.39 Å². The second-order valence-corrected chi connectivity index (χ2v) is 3.39. The molecule has 0 saturated heterocycles. The average molecular weight is 214 g/mol. The van der Waals surface area contributed by atoms with Crippen molar-refractivity contribution in [2.75, 3.05) is 6.54 Å². The SMILES string of the molecule is NCCn1ncc2cc(F)cc(Cl)c21. The lowest BCUT2D eigenvalue weighted by Crippen LogP contribution is -2.10. The van der Waals surface area contributed by atoms with Crippen molar-refractivity contribution in [3.8, 4) is 0 Å². The van der Waals surface area contributed by atoms with E-state index in [1.165, 1.54) is 12.1 Å². The van der Waals surface area contributed by atoms with Crippen LogP contribution in [-0.4, -0.2) is 16.3 Å². The van der Waals surface area contributed by atoms with Crippen LogP contribution in [0.1, 0.15) is 0 Å². The molecule has 0 amide bonds. The van der Waals surface area contributed by atoms with Gasteiger partial charge < -0.3 is 5.73 Å². The van der Waals surface area contributed by atoms with Crippen molar-refractivity contribution >= 4 is 22.5 Å². The van der Waals surface area contributed by atoms with Crippen LogP contribution in [0.25, 0.3) is 10.9 Å². The summed E-state index contributed by atoms with van der Waals surface area (Å²) in [7, 11) is 0. The van der Waals surface area contributed by atoms with Crippen LogP contribution >= 0.6 is 11.6 Å². The number of rotatable bonds is 2. The highest BCUT2D eigenvalue weighted by molar-refractivity contribution is 6.35. The van der Waals surface area contributed by atoms with E-state index in [4.69, 9.17) is 17.3 Å². The van der Waals surface area contributed by atoms with Gasteiger partial charge in [0.1, 0.15) is 5.82 Å². The van der Waals surface area contributed by atoms with Crippen molar-refractivity contribution in [1.29, 1.82) is 0 Å². The number of hydrogen-bond acceptors (Lipinski definition) is 2. The Morgan fingerprint density at radius 1 is 1.50 bits per heavy atom. The smallest absolute Gasteiger partial charge is 0.125 e. The third-order valence-corrected chi connectivity index (χ3v) is 2.28. The maximum Gasteiger partial charge on any atom is 0.125 e. The molecule has 3 nitrogen and oxygen atoms in total. The van der Waals surface area contributed by atoms with Crippen molar-refractivity contribution in [3.05, 3.63) is 29.2 Å². The predicted octanol–water partition coefficient (Wildman–Crippen LogP) is 1.79. The first-order valence-electron chi connectivity index (χ1n) is 4.23. The fourth-order valence-electron chi connectivity index (χ4n) is 1.44. The molecule has 0 bridgehead atoms. The predicted molar refractivity (Wildman–Crippen MR) is 53.8 cm³/mol. The van der Waals surface area contributed by atoms with Crippen LogP contribution < -0.4 is 5.73 Å². The molecular weight excluding hydrogens is 205 g/mol. The first-order chi connectivity index (χ1) is 6.72. The van der Waals surface area contributed by atoms with E-state index in [0.29, 0.717) is 23.5 Å². The normalized spacial score (nSPS) is 11.1. The summed E-state index contributed by atoms with van der Waals surface area (Å²) in [5.74, 6) is -0.352. The molecule has 5 heteroatoms. The Labute approximate surface area is 85.3 Å². The highest BCUT2D eigenvalue weighted by atomic mass is 35.5. The van der Waals surface area contributed by atoms with Crippen molar-refractivity contribution in [1.82, 2.24) is 9.78 Å². The highest BCUT2D eigenvalue weighted by Crippen LogP contribution is 2.24. The van der Waals surface area contributed by atoms with Crippen LogP contribution in [0.3, 0.4) is 0 Å². The number of nitrogens with zero attached hydrogens (tertiary/aromatic N) is 2. The Hall–Kier alpha value is -1.13. The zero-order valence-electron chi connectivity index (χ0n) is 7.37. The quantitative estimate of drug-likeness (QED) is 0.827. The molecule has 0 spiro atoms. The van der Waals surface area contributed by atoms with E-state index in [-0.39, 0.29) is 5.82 Å². The zero-order chi connectivity index (χ0) is 10.1. The van der Waals surface area contributed by atoms with E-state index in [2.05, 4.69) is 5.10 Å². The van der Waals surface area contributed by atoms with Gasteiger partial charge in [0.25, 0.3) is 0 Å². The van der Waals surface area contributed by atoms with E-state index in [9.17, 15) is 4.39 Å². The van der Waals surface area contributed by atoms with Gasteiger partial charge in [-0.3, -0.25) is 4.68 Å². The van der Waals surface area contributed by atoms with Gasteiger partial charge in [0, 0.05) is 11.9 Å². The minimum atomic E-state index is -0.352. The van der Waals surface area contributed by atoms with Gasteiger partial charge in [0.05, 0.1) is 23.3 Å². The van der Waals surface area contributed by atoms with Gasteiger partial charge in [-0.15, -0.1) is 0 Å². The van der Waals surface area contributed by atoms with Crippen LogP contribution in [0.15, 0.2) is 18.3 Å². The average Bonchev–Trinajstić information content (AvgIpc) is 2.49. The number of nitrogens with two attached hydrogens (primary N) is 1. The molecule has 0 fully saturated rings. The molecule has 2 rings (SSSR count). The fraction of sp³-hybridized carbons (Fsp3) is 0.222. The highest BCUT2D eigenvalue weighted by Gasteiger charge is 2.07. The van der Waals surface area contributed by atoms with Crippen LogP contribution in [0.2, 0.25) is 5.02 Å². The summed E-state index contributed by atoms with van der Waals surface area (Å²) in [6, 6.07) is 2.68. The van der Waals surface area contributed by atoms with Gasteiger partial charge in [-0.05, 0) is 12.1 Å². The first kappa shape index (κ1) is 9.43. The molecular formula is C9H9ClFN3. The molecule has 1 heterocycles. The van der Waals surface area contributed by atoms with Crippen LogP contribution in [0.5, 0.6) is 0 Å². The maximum atomic E-state index is 12.9. The number of benzene rings is 1. The van der Waals surface area contributed by atoms with Gasteiger partial charge in [0.15, 0.2) is 0 Å². The molecule has 0 saturated carbocycles. The second-order valence-electron chi connectivity index (χ2n) is 2.98.